The molecule has 5 nitrogen and oxygen atoms in total. The summed E-state index contributed by atoms with van der Waals surface area (Å²) in [6.45, 7) is -0.541. The van der Waals surface area contributed by atoms with E-state index in [-0.39, 0.29) is 22.0 Å². The summed E-state index contributed by atoms with van der Waals surface area (Å²) in [4.78, 5) is 23.6. The molecule has 2 aromatic rings. The van der Waals surface area contributed by atoms with Crippen molar-refractivity contribution in [2.75, 3.05) is 19.0 Å². The molecule has 2 rings (SSSR count). The van der Waals surface area contributed by atoms with E-state index in [2.05, 4.69) is 10.1 Å². The van der Waals surface area contributed by atoms with Gasteiger partial charge in [-0.25, -0.2) is 4.79 Å². The van der Waals surface area contributed by atoms with Crippen molar-refractivity contribution in [1.29, 1.82) is 0 Å². The number of anilines is 1. The first-order chi connectivity index (χ1) is 12.2. The highest BCUT2D eigenvalue weighted by molar-refractivity contribution is 6.33. The Bertz CT molecular complexity index is 824. The largest absolute Gasteiger partial charge is 0.483 e. The average Bonchev–Trinajstić information content (AvgIpc) is 2.60. The van der Waals surface area contributed by atoms with Gasteiger partial charge in [0.1, 0.15) is 11.3 Å². The van der Waals surface area contributed by atoms with Crippen LogP contribution in [0.5, 0.6) is 5.75 Å². The van der Waals surface area contributed by atoms with Crippen molar-refractivity contribution in [3.05, 3.63) is 58.6 Å². The fourth-order valence-electron chi connectivity index (χ4n) is 2.00. The number of para-hydroxylation sites is 1. The number of hydrogen-bond donors (Lipinski definition) is 1. The maximum atomic E-state index is 12.7. The molecule has 138 valence electrons. The molecular weight excluding hydrogens is 375 g/mol. The van der Waals surface area contributed by atoms with Gasteiger partial charge in [0.25, 0.3) is 5.91 Å². The molecule has 0 aliphatic carbocycles. The zero-order chi connectivity index (χ0) is 19.3. The summed E-state index contributed by atoms with van der Waals surface area (Å²) in [7, 11) is 1.20. The molecule has 9 heteroatoms. The third-order valence-electron chi connectivity index (χ3n) is 3.22. The summed E-state index contributed by atoms with van der Waals surface area (Å²) < 4.78 is 48.1. The number of nitrogens with one attached hydrogen (secondary N) is 1. The number of amides is 1. The van der Waals surface area contributed by atoms with Gasteiger partial charge < -0.3 is 14.8 Å². The van der Waals surface area contributed by atoms with Crippen molar-refractivity contribution < 1.29 is 32.2 Å². The first-order valence-electron chi connectivity index (χ1n) is 7.19. The second-order valence-corrected chi connectivity index (χ2v) is 5.42. The van der Waals surface area contributed by atoms with Crippen molar-refractivity contribution in [1.82, 2.24) is 0 Å². The van der Waals surface area contributed by atoms with Gasteiger partial charge in [-0.2, -0.15) is 13.2 Å². The van der Waals surface area contributed by atoms with Crippen molar-refractivity contribution >= 4 is 29.2 Å². The predicted molar refractivity (Wildman–Crippen MR) is 88.4 cm³/mol. The van der Waals surface area contributed by atoms with E-state index in [1.807, 2.05) is 0 Å². The van der Waals surface area contributed by atoms with Crippen LogP contribution in [0.4, 0.5) is 18.9 Å². The topological polar surface area (TPSA) is 64.6 Å². The Labute approximate surface area is 151 Å². The molecule has 26 heavy (non-hydrogen) atoms. The van der Waals surface area contributed by atoms with E-state index in [9.17, 15) is 22.8 Å². The minimum atomic E-state index is -4.57. The molecule has 0 fully saturated rings. The lowest BCUT2D eigenvalue weighted by molar-refractivity contribution is -0.137. The van der Waals surface area contributed by atoms with E-state index >= 15 is 0 Å². The smallest absolute Gasteiger partial charge is 0.416 e. The molecule has 0 heterocycles. The maximum Gasteiger partial charge on any atom is 0.416 e. The van der Waals surface area contributed by atoms with Gasteiger partial charge in [-0.3, -0.25) is 4.79 Å². The first kappa shape index (κ1) is 19.6. The zero-order valence-electron chi connectivity index (χ0n) is 13.4. The highest BCUT2D eigenvalue weighted by Crippen LogP contribution is 2.33. The Morgan fingerprint density at radius 2 is 1.85 bits per heavy atom. The van der Waals surface area contributed by atoms with E-state index in [0.717, 1.165) is 18.2 Å². The van der Waals surface area contributed by atoms with E-state index in [1.165, 1.54) is 19.2 Å². The third-order valence-corrected chi connectivity index (χ3v) is 3.55. The molecule has 0 radical (unpaired) electrons. The molecule has 0 bridgehead atoms. The van der Waals surface area contributed by atoms with Gasteiger partial charge in [0, 0.05) is 0 Å². The van der Waals surface area contributed by atoms with Crippen LogP contribution in [0.1, 0.15) is 15.9 Å². The van der Waals surface area contributed by atoms with Gasteiger partial charge in [0.2, 0.25) is 0 Å². The average molecular weight is 388 g/mol. The number of ether oxygens (including phenoxy) is 2. The highest BCUT2D eigenvalue weighted by atomic mass is 35.5. The Morgan fingerprint density at radius 3 is 2.50 bits per heavy atom. The van der Waals surface area contributed by atoms with Gasteiger partial charge >= 0.3 is 12.1 Å². The predicted octanol–water partition coefficient (Wildman–Crippen LogP) is 4.16. The summed E-state index contributed by atoms with van der Waals surface area (Å²) in [5.74, 6) is -1.29. The fourth-order valence-corrected chi connectivity index (χ4v) is 2.16. The van der Waals surface area contributed by atoms with Gasteiger partial charge in [0.05, 0.1) is 23.4 Å². The van der Waals surface area contributed by atoms with E-state index in [4.69, 9.17) is 16.3 Å². The summed E-state index contributed by atoms with van der Waals surface area (Å²) >= 11 is 5.81. The number of halogens is 4. The zero-order valence-corrected chi connectivity index (χ0v) is 14.1. The number of methoxy groups -OCH3 is 1. The molecular formula is C17H13ClF3NO4. The van der Waals surface area contributed by atoms with Gasteiger partial charge in [-0.05, 0) is 30.3 Å². The van der Waals surface area contributed by atoms with Crippen LogP contribution in [0.25, 0.3) is 0 Å². The van der Waals surface area contributed by atoms with E-state index < -0.39 is 30.2 Å². The molecule has 0 spiro atoms. The summed E-state index contributed by atoms with van der Waals surface area (Å²) in [6.07, 6.45) is -4.57. The Hall–Kier alpha value is -2.74. The number of benzene rings is 2. The molecule has 0 saturated carbocycles. The van der Waals surface area contributed by atoms with Gasteiger partial charge in [-0.1, -0.05) is 23.7 Å². The second kappa shape index (κ2) is 8.09. The maximum absolute atomic E-state index is 12.7. The van der Waals surface area contributed by atoms with Crippen molar-refractivity contribution in [2.24, 2.45) is 0 Å². The van der Waals surface area contributed by atoms with Crippen molar-refractivity contribution in [3.8, 4) is 5.75 Å². The minimum absolute atomic E-state index is 0.0543. The quantitative estimate of drug-likeness (QED) is 0.782. The molecule has 0 unspecified atom stereocenters. The summed E-state index contributed by atoms with van der Waals surface area (Å²) in [5, 5.41) is 2.19. The minimum Gasteiger partial charge on any atom is -0.483 e. The summed E-state index contributed by atoms with van der Waals surface area (Å²) in [6, 6.07) is 8.64. The summed E-state index contributed by atoms with van der Waals surface area (Å²) in [5.41, 5.74) is -1.04. The number of carbonyl (C=O) groups excluding carboxylic acids is 2. The van der Waals surface area contributed by atoms with Gasteiger partial charge in [0.15, 0.2) is 6.61 Å². The van der Waals surface area contributed by atoms with Gasteiger partial charge in [-0.15, -0.1) is 0 Å². The molecule has 0 aliphatic heterocycles. The monoisotopic (exact) mass is 387 g/mol. The number of hydrogen-bond acceptors (Lipinski definition) is 4. The Balaban J connectivity index is 2.08. The van der Waals surface area contributed by atoms with E-state index in [1.54, 1.807) is 12.1 Å². The second-order valence-electron chi connectivity index (χ2n) is 5.02. The van der Waals surface area contributed by atoms with Crippen LogP contribution in [-0.2, 0) is 15.7 Å². The lowest BCUT2D eigenvalue weighted by Gasteiger charge is -2.13. The molecule has 1 N–H and O–H groups in total. The number of rotatable bonds is 5. The van der Waals surface area contributed by atoms with Crippen LogP contribution in [0.15, 0.2) is 42.5 Å². The Morgan fingerprint density at radius 1 is 1.15 bits per heavy atom. The van der Waals surface area contributed by atoms with Crippen LogP contribution in [0.3, 0.4) is 0 Å². The molecule has 0 aromatic heterocycles. The molecule has 0 aliphatic rings. The SMILES string of the molecule is COC(=O)c1ccccc1OCC(=O)Nc1cc(C(F)(F)F)ccc1Cl. The molecule has 0 atom stereocenters. The molecule has 2 aromatic carbocycles. The number of alkyl halides is 3. The van der Waals surface area contributed by atoms with Crippen LogP contribution in [0.2, 0.25) is 5.02 Å². The van der Waals surface area contributed by atoms with Crippen LogP contribution in [-0.4, -0.2) is 25.6 Å². The molecule has 1 amide bonds. The number of carbonyl (C=O) groups is 2. The van der Waals surface area contributed by atoms with Crippen LogP contribution in [0, 0.1) is 0 Å². The standard InChI is InChI=1S/C17H13ClF3NO4/c1-25-16(24)11-4-2-3-5-14(11)26-9-15(23)22-13-8-10(17(19,20)21)6-7-12(13)18/h2-8H,9H2,1H3,(H,22,23). The van der Waals surface area contributed by atoms with Crippen LogP contribution < -0.4 is 10.1 Å². The lowest BCUT2D eigenvalue weighted by atomic mass is 10.2. The Kier molecular flexibility index (Phi) is 6.10. The van der Waals surface area contributed by atoms with Crippen molar-refractivity contribution in [3.63, 3.8) is 0 Å². The third kappa shape index (κ3) is 4.89. The van der Waals surface area contributed by atoms with Crippen LogP contribution >= 0.6 is 11.6 Å². The van der Waals surface area contributed by atoms with Crippen molar-refractivity contribution in [2.45, 2.75) is 6.18 Å². The highest BCUT2D eigenvalue weighted by Gasteiger charge is 2.31. The lowest BCUT2D eigenvalue weighted by Crippen LogP contribution is -2.21. The van der Waals surface area contributed by atoms with E-state index in [0.29, 0.717) is 0 Å². The molecule has 0 saturated heterocycles. The number of esters is 1. The first-order valence-corrected chi connectivity index (χ1v) is 7.57. The normalized spacial score (nSPS) is 11.0. The fraction of sp³-hybridized carbons (Fsp3) is 0.176.